The molecule has 2 aliphatic heterocycles. The summed E-state index contributed by atoms with van der Waals surface area (Å²) >= 11 is 0. The lowest BCUT2D eigenvalue weighted by atomic mass is 9.87. The van der Waals surface area contributed by atoms with Crippen molar-refractivity contribution in [2.45, 2.75) is 79.1 Å². The molecule has 36 heavy (non-hydrogen) atoms. The SMILES string of the molecule is CC(C)(CCCC1=CC(=O)CC(/C=C/C2=CC(=O)CC(CCCC(C)(C)C(=O)O)=S2[O-])=S1[O-])C(=O)O. The topological polar surface area (TPSA) is 155 Å². The van der Waals surface area contributed by atoms with Gasteiger partial charge in [0.05, 0.1) is 10.8 Å². The first-order valence-electron chi connectivity index (χ1n) is 11.8. The zero-order valence-corrected chi connectivity index (χ0v) is 22.8. The summed E-state index contributed by atoms with van der Waals surface area (Å²) in [5.74, 6) is -2.26. The van der Waals surface area contributed by atoms with Crippen molar-refractivity contribution < 1.29 is 38.5 Å². The van der Waals surface area contributed by atoms with E-state index in [0.29, 0.717) is 53.2 Å². The maximum atomic E-state index is 13.0. The normalized spacial score (nSPS) is 21.6. The van der Waals surface area contributed by atoms with Gasteiger partial charge in [-0.25, -0.2) is 21.5 Å². The van der Waals surface area contributed by atoms with E-state index in [4.69, 9.17) is 0 Å². The third-order valence-electron chi connectivity index (χ3n) is 6.37. The van der Waals surface area contributed by atoms with Crippen molar-refractivity contribution in [3.8, 4) is 0 Å². The third kappa shape index (κ3) is 8.19. The van der Waals surface area contributed by atoms with Crippen LogP contribution in [0.1, 0.15) is 79.1 Å². The molecule has 0 aliphatic carbocycles. The van der Waals surface area contributed by atoms with E-state index in [2.05, 4.69) is 0 Å². The number of ketones is 2. The lowest BCUT2D eigenvalue weighted by Gasteiger charge is -2.28. The summed E-state index contributed by atoms with van der Waals surface area (Å²) in [6.07, 6.45) is 7.95. The molecule has 0 saturated heterocycles. The monoisotopic (exact) mass is 538 g/mol. The first kappa shape index (κ1) is 30.1. The molecule has 0 bridgehead atoms. The average Bonchev–Trinajstić information content (AvgIpc) is 2.76. The van der Waals surface area contributed by atoms with Crippen molar-refractivity contribution in [2.24, 2.45) is 10.8 Å². The minimum atomic E-state index is -1.58. The molecule has 2 aliphatic rings. The van der Waals surface area contributed by atoms with E-state index in [0.717, 1.165) is 0 Å². The van der Waals surface area contributed by atoms with Crippen LogP contribution in [0.4, 0.5) is 0 Å². The third-order valence-corrected chi connectivity index (χ3v) is 9.48. The first-order valence-corrected chi connectivity index (χ1v) is 14.1. The van der Waals surface area contributed by atoms with Gasteiger partial charge < -0.3 is 19.3 Å². The van der Waals surface area contributed by atoms with Crippen molar-refractivity contribution in [3.05, 3.63) is 34.1 Å². The van der Waals surface area contributed by atoms with Gasteiger partial charge in [0.1, 0.15) is 0 Å². The van der Waals surface area contributed by atoms with Crippen LogP contribution in [0.3, 0.4) is 0 Å². The van der Waals surface area contributed by atoms with Gasteiger partial charge in [-0.2, -0.15) is 0 Å². The van der Waals surface area contributed by atoms with Crippen LogP contribution in [0.5, 0.6) is 0 Å². The molecule has 10 heteroatoms. The van der Waals surface area contributed by atoms with Crippen LogP contribution < -0.4 is 0 Å². The molecule has 0 aromatic rings. The molecule has 200 valence electrons. The maximum Gasteiger partial charge on any atom is 0.309 e. The minimum Gasteiger partial charge on any atom is -0.799 e. The average molecular weight is 539 g/mol. The summed E-state index contributed by atoms with van der Waals surface area (Å²) in [5, 5.41) is 18.5. The Labute approximate surface area is 217 Å². The predicted molar refractivity (Wildman–Crippen MR) is 142 cm³/mol. The van der Waals surface area contributed by atoms with Crippen LogP contribution in [0, 0.1) is 10.8 Å². The van der Waals surface area contributed by atoms with Crippen molar-refractivity contribution >= 4 is 54.8 Å². The minimum absolute atomic E-state index is 0.0397. The van der Waals surface area contributed by atoms with Gasteiger partial charge in [-0.3, -0.25) is 19.2 Å². The highest BCUT2D eigenvalue weighted by Crippen LogP contribution is 2.36. The molecule has 2 N–H and O–H groups in total. The van der Waals surface area contributed by atoms with E-state index >= 15 is 0 Å². The predicted octanol–water partition coefficient (Wildman–Crippen LogP) is 4.96. The number of hydrogen-bond acceptors (Lipinski definition) is 6. The highest BCUT2D eigenvalue weighted by Gasteiger charge is 2.27. The van der Waals surface area contributed by atoms with E-state index < -0.39 is 44.3 Å². The van der Waals surface area contributed by atoms with E-state index in [1.165, 1.54) is 24.3 Å². The van der Waals surface area contributed by atoms with E-state index in [1.54, 1.807) is 27.7 Å². The van der Waals surface area contributed by atoms with Gasteiger partial charge in [-0.15, -0.1) is 0 Å². The van der Waals surface area contributed by atoms with Crippen LogP contribution in [-0.4, -0.2) is 52.6 Å². The molecule has 2 heterocycles. The van der Waals surface area contributed by atoms with E-state index in [9.17, 15) is 38.5 Å². The molecule has 0 radical (unpaired) electrons. The number of rotatable bonds is 12. The lowest BCUT2D eigenvalue weighted by molar-refractivity contribution is -0.148. The molecule has 0 fully saturated rings. The van der Waals surface area contributed by atoms with Gasteiger partial charge in [0.25, 0.3) is 0 Å². The van der Waals surface area contributed by atoms with Crippen molar-refractivity contribution in [1.82, 2.24) is 0 Å². The smallest absolute Gasteiger partial charge is 0.309 e. The zero-order chi connectivity index (χ0) is 27.3. The first-order chi connectivity index (χ1) is 16.6. The molecule has 0 amide bonds. The standard InChI is InChI=1S/C26H35O8S2/c1-25(2,23(29)30)11-5-7-19-13-17(27)15-21(35(19)33)9-10-22-16-18(28)14-20(36(22)34)8-6-12-26(3,4)24(31)32/h9-10,13,16H,5-8,11-12,14-15H2,1-4H3,(H3-,28,29,30,31,32,33,34)/q-1/p-1. The quantitative estimate of drug-likeness (QED) is 0.261. The Morgan fingerprint density at radius 2 is 1.39 bits per heavy atom. The highest BCUT2D eigenvalue weighted by molar-refractivity contribution is 8.15. The van der Waals surface area contributed by atoms with Crippen LogP contribution in [0.15, 0.2) is 34.1 Å². The Hall–Kier alpha value is -2.14. The second-order valence-electron chi connectivity index (χ2n) is 10.4. The Balaban J connectivity index is 2.14. The van der Waals surface area contributed by atoms with Gasteiger partial charge in [0.15, 0.2) is 11.6 Å². The summed E-state index contributed by atoms with van der Waals surface area (Å²) in [7, 11) is -3.15. The van der Waals surface area contributed by atoms with Gasteiger partial charge in [-0.05, 0) is 104 Å². The van der Waals surface area contributed by atoms with E-state index in [-0.39, 0.29) is 29.3 Å². The fourth-order valence-electron chi connectivity index (χ4n) is 3.78. The number of carboxylic acid groups (broad SMARTS) is 2. The highest BCUT2D eigenvalue weighted by atomic mass is 32.2. The second-order valence-corrected chi connectivity index (χ2v) is 13.6. The van der Waals surface area contributed by atoms with Crippen LogP contribution >= 0.6 is 21.5 Å². The fraction of sp³-hybridized carbons (Fsp3) is 0.538. The Bertz CT molecular complexity index is 1070. The Kier molecular flexibility index (Phi) is 10.4. The van der Waals surface area contributed by atoms with Crippen LogP contribution in [-0.2, 0) is 19.2 Å². The summed E-state index contributed by atoms with van der Waals surface area (Å²) in [6, 6.07) is 0. The summed E-state index contributed by atoms with van der Waals surface area (Å²) < 4.78 is 26.0. The van der Waals surface area contributed by atoms with Gasteiger partial charge >= 0.3 is 11.9 Å². The molecule has 0 aromatic heterocycles. The van der Waals surface area contributed by atoms with Crippen LogP contribution in [0.25, 0.3) is 0 Å². The van der Waals surface area contributed by atoms with Crippen molar-refractivity contribution in [2.75, 3.05) is 0 Å². The molecular formula is C26H34O8S2-2. The molecular weight excluding hydrogens is 504 g/mol. The number of carbonyl (C=O) groups excluding carboxylic acids is 2. The Morgan fingerprint density at radius 1 is 0.861 bits per heavy atom. The summed E-state index contributed by atoms with van der Waals surface area (Å²) in [6.45, 7) is 6.47. The van der Waals surface area contributed by atoms with E-state index in [1.807, 2.05) is 0 Å². The van der Waals surface area contributed by atoms with Gasteiger partial charge in [0, 0.05) is 12.8 Å². The maximum absolute atomic E-state index is 13.0. The van der Waals surface area contributed by atoms with Crippen molar-refractivity contribution in [1.29, 1.82) is 0 Å². The molecule has 2 atom stereocenters. The summed E-state index contributed by atoms with van der Waals surface area (Å²) in [5.41, 5.74) is -1.84. The number of allylic oxidation sites excluding steroid dienone is 5. The zero-order valence-electron chi connectivity index (χ0n) is 21.1. The van der Waals surface area contributed by atoms with Crippen LogP contribution in [0.2, 0.25) is 0 Å². The number of carboxylic acids is 2. The Morgan fingerprint density at radius 3 is 1.94 bits per heavy atom. The number of carbonyl (C=O) groups is 4. The molecule has 0 saturated carbocycles. The number of hydrogen-bond donors (Lipinski definition) is 2. The number of aliphatic carboxylic acids is 2. The van der Waals surface area contributed by atoms with Crippen molar-refractivity contribution in [3.63, 3.8) is 0 Å². The second kappa shape index (κ2) is 12.4. The molecule has 0 aromatic carbocycles. The summed E-state index contributed by atoms with van der Waals surface area (Å²) in [4.78, 5) is 48.6. The van der Waals surface area contributed by atoms with Gasteiger partial charge in [0.2, 0.25) is 0 Å². The molecule has 2 rings (SSSR count). The molecule has 2 unspecified atom stereocenters. The van der Waals surface area contributed by atoms with Gasteiger partial charge in [-0.1, -0.05) is 6.08 Å². The molecule has 8 nitrogen and oxygen atoms in total. The molecule has 0 spiro atoms. The lowest BCUT2D eigenvalue weighted by Crippen LogP contribution is -2.24. The largest absolute Gasteiger partial charge is 0.799 e. The fourth-order valence-corrected chi connectivity index (χ4v) is 6.51.